The Morgan fingerprint density at radius 1 is 1.21 bits per heavy atom. The van der Waals surface area contributed by atoms with E-state index in [2.05, 4.69) is 21.2 Å². The van der Waals surface area contributed by atoms with E-state index >= 15 is 0 Å². The second-order valence-electron chi connectivity index (χ2n) is 7.46. The summed E-state index contributed by atoms with van der Waals surface area (Å²) in [4.78, 5) is 12.5. The van der Waals surface area contributed by atoms with Gasteiger partial charge in [-0.2, -0.15) is 13.5 Å². The number of nitrogens with zero attached hydrogens (tertiary/aromatic N) is 2. The average Bonchev–Trinajstić information content (AvgIpc) is 3.39. The minimum atomic E-state index is -4.10. The van der Waals surface area contributed by atoms with Crippen LogP contribution < -0.4 is 10.0 Å². The Hall–Kier alpha value is -2.39. The number of aromatic nitrogens is 2. The van der Waals surface area contributed by atoms with Crippen molar-refractivity contribution in [2.24, 2.45) is 0 Å². The number of carbonyl (C=O) groups is 1. The number of hydrogen-bond acceptors (Lipinski definition) is 5. The Morgan fingerprint density at radius 3 is 2.46 bits per heavy atom. The van der Waals surface area contributed by atoms with Gasteiger partial charge in [-0.3, -0.25) is 4.68 Å². The summed E-state index contributed by atoms with van der Waals surface area (Å²) < 4.78 is 28.4. The maximum atomic E-state index is 12.5. The fourth-order valence-electron chi connectivity index (χ4n) is 4.07. The molecule has 2 aliphatic carbocycles. The first-order valence-electron chi connectivity index (χ1n) is 9.55. The molecule has 0 unspecified atom stereocenters. The molecule has 0 aliphatic heterocycles. The number of carbonyl (C=O) groups excluding carboxylic acids is 1. The van der Waals surface area contributed by atoms with Crippen molar-refractivity contribution in [1.29, 1.82) is 0 Å². The van der Waals surface area contributed by atoms with Gasteiger partial charge in [-0.1, -0.05) is 6.07 Å². The van der Waals surface area contributed by atoms with Crippen LogP contribution in [0.5, 0.6) is 0 Å². The van der Waals surface area contributed by atoms with Crippen LogP contribution in [0.1, 0.15) is 48.1 Å². The summed E-state index contributed by atoms with van der Waals surface area (Å²) in [6.45, 7) is 1.54. The Balaban J connectivity index is 1.55. The van der Waals surface area contributed by atoms with E-state index < -0.39 is 16.1 Å². The summed E-state index contributed by atoms with van der Waals surface area (Å²) in [6, 6.07) is 2.42. The Bertz CT molecular complexity index is 997. The lowest BCUT2D eigenvalue weighted by Crippen LogP contribution is -2.35. The van der Waals surface area contributed by atoms with Crippen LogP contribution >= 0.6 is 0 Å². The first kappa shape index (κ1) is 18.9. The van der Waals surface area contributed by atoms with Crippen LogP contribution in [0.2, 0.25) is 0 Å². The van der Waals surface area contributed by atoms with Gasteiger partial charge in [0, 0.05) is 11.9 Å². The first-order valence-corrected chi connectivity index (χ1v) is 11.0. The van der Waals surface area contributed by atoms with Crippen LogP contribution in [0.4, 0.5) is 10.5 Å². The van der Waals surface area contributed by atoms with Gasteiger partial charge < -0.3 is 10.4 Å². The number of nitrogens with one attached hydrogen (secondary N) is 2. The molecule has 0 spiro atoms. The topological polar surface area (TPSA) is 113 Å². The van der Waals surface area contributed by atoms with Gasteiger partial charge in [-0.05, 0) is 73.8 Å². The standard InChI is InChI=1S/C19H24N4O4S/c1-12(11-24)23-9-8-17(21-23)28(26,27)22-19(25)20-18-15-6-2-4-13(15)10-14-5-3-7-16(14)18/h8-10,12,24H,2-7,11H2,1H3,(H2,20,22,25)/t12-/m0/s1. The van der Waals surface area contributed by atoms with Gasteiger partial charge >= 0.3 is 6.03 Å². The lowest BCUT2D eigenvalue weighted by atomic mass is 9.99. The average molecular weight is 404 g/mol. The van der Waals surface area contributed by atoms with Crippen molar-refractivity contribution >= 4 is 21.7 Å². The molecule has 150 valence electrons. The number of rotatable bonds is 5. The van der Waals surface area contributed by atoms with Crippen molar-refractivity contribution in [2.45, 2.75) is 56.5 Å². The van der Waals surface area contributed by atoms with E-state index in [-0.39, 0.29) is 17.7 Å². The fourth-order valence-corrected chi connectivity index (χ4v) is 4.92. The van der Waals surface area contributed by atoms with Gasteiger partial charge in [0.2, 0.25) is 0 Å². The molecule has 2 amide bonds. The molecule has 1 aromatic carbocycles. The van der Waals surface area contributed by atoms with E-state index in [1.807, 2.05) is 0 Å². The van der Waals surface area contributed by atoms with E-state index in [1.54, 1.807) is 6.92 Å². The van der Waals surface area contributed by atoms with Crippen molar-refractivity contribution in [1.82, 2.24) is 14.5 Å². The maximum Gasteiger partial charge on any atom is 0.333 e. The third-order valence-corrected chi connectivity index (χ3v) is 6.74. The highest BCUT2D eigenvalue weighted by Gasteiger charge is 2.27. The predicted molar refractivity (Wildman–Crippen MR) is 104 cm³/mol. The number of urea groups is 1. The number of aliphatic hydroxyl groups is 1. The normalized spacial score (nSPS) is 16.5. The van der Waals surface area contributed by atoms with Crippen molar-refractivity contribution in [3.05, 3.63) is 40.6 Å². The molecule has 8 nitrogen and oxygen atoms in total. The van der Waals surface area contributed by atoms with E-state index in [9.17, 15) is 18.3 Å². The smallest absolute Gasteiger partial charge is 0.333 e. The molecule has 28 heavy (non-hydrogen) atoms. The fraction of sp³-hybridized carbons (Fsp3) is 0.474. The van der Waals surface area contributed by atoms with Gasteiger partial charge in [-0.25, -0.2) is 9.52 Å². The van der Waals surface area contributed by atoms with E-state index in [1.165, 1.54) is 28.1 Å². The van der Waals surface area contributed by atoms with Gasteiger partial charge in [0.1, 0.15) is 0 Å². The van der Waals surface area contributed by atoms with E-state index in [4.69, 9.17) is 0 Å². The number of benzene rings is 1. The Kier molecular flexibility index (Phi) is 4.88. The van der Waals surface area contributed by atoms with Gasteiger partial charge in [0.15, 0.2) is 5.03 Å². The molecule has 2 aliphatic rings. The summed E-state index contributed by atoms with van der Waals surface area (Å²) >= 11 is 0. The summed E-state index contributed by atoms with van der Waals surface area (Å²) in [5, 5.41) is 15.7. The van der Waals surface area contributed by atoms with Crippen LogP contribution in [-0.4, -0.2) is 35.9 Å². The number of aliphatic hydroxyl groups excluding tert-OH is 1. The molecule has 0 saturated heterocycles. The third-order valence-electron chi connectivity index (χ3n) is 5.51. The number of aryl methyl sites for hydroxylation is 2. The Labute approximate surface area is 164 Å². The molecular weight excluding hydrogens is 380 g/mol. The molecular formula is C19H24N4O4S. The molecule has 3 N–H and O–H groups in total. The largest absolute Gasteiger partial charge is 0.394 e. The molecule has 1 aromatic heterocycles. The quantitative estimate of drug-likeness (QED) is 0.705. The van der Waals surface area contributed by atoms with Crippen LogP contribution in [0, 0.1) is 0 Å². The number of amides is 2. The SMILES string of the molecule is C[C@@H](CO)n1ccc(S(=O)(=O)NC(=O)Nc2c3c(cc4c2CCC4)CCC3)n1. The molecule has 0 saturated carbocycles. The molecule has 0 bridgehead atoms. The third kappa shape index (κ3) is 3.40. The molecule has 9 heteroatoms. The number of fused-ring (bicyclic) bond motifs is 2. The lowest BCUT2D eigenvalue weighted by Gasteiger charge is -2.16. The molecule has 1 atom stereocenters. The lowest BCUT2D eigenvalue weighted by molar-refractivity contribution is 0.228. The van der Waals surface area contributed by atoms with Crippen LogP contribution in [0.3, 0.4) is 0 Å². The molecule has 4 rings (SSSR count). The summed E-state index contributed by atoms with van der Waals surface area (Å²) in [5.74, 6) is 0. The summed E-state index contributed by atoms with van der Waals surface area (Å²) in [5.41, 5.74) is 5.57. The van der Waals surface area contributed by atoms with E-state index in [0.717, 1.165) is 55.3 Å². The van der Waals surface area contributed by atoms with Gasteiger partial charge in [0.25, 0.3) is 10.0 Å². The van der Waals surface area contributed by atoms with Crippen molar-refractivity contribution in [3.8, 4) is 0 Å². The van der Waals surface area contributed by atoms with Crippen molar-refractivity contribution in [2.75, 3.05) is 11.9 Å². The number of sulfonamides is 1. The molecule has 1 heterocycles. The second-order valence-corrected chi connectivity index (χ2v) is 9.09. The zero-order valence-electron chi connectivity index (χ0n) is 15.7. The monoisotopic (exact) mass is 404 g/mol. The van der Waals surface area contributed by atoms with Crippen LogP contribution in [0.25, 0.3) is 0 Å². The zero-order chi connectivity index (χ0) is 19.9. The molecule has 0 radical (unpaired) electrons. The predicted octanol–water partition coefficient (Wildman–Crippen LogP) is 1.92. The van der Waals surface area contributed by atoms with Gasteiger partial charge in [0.05, 0.1) is 12.6 Å². The molecule has 0 fully saturated rings. The van der Waals surface area contributed by atoms with E-state index in [0.29, 0.717) is 0 Å². The molecule has 2 aromatic rings. The number of hydrogen-bond donors (Lipinski definition) is 3. The minimum Gasteiger partial charge on any atom is -0.394 e. The van der Waals surface area contributed by atoms with Crippen molar-refractivity contribution in [3.63, 3.8) is 0 Å². The first-order chi connectivity index (χ1) is 13.4. The van der Waals surface area contributed by atoms with Crippen LogP contribution in [0.15, 0.2) is 23.4 Å². The minimum absolute atomic E-state index is 0.167. The Morgan fingerprint density at radius 2 is 1.86 bits per heavy atom. The van der Waals surface area contributed by atoms with Crippen molar-refractivity contribution < 1.29 is 18.3 Å². The number of anilines is 1. The van der Waals surface area contributed by atoms with Crippen LogP contribution in [-0.2, 0) is 35.7 Å². The highest BCUT2D eigenvalue weighted by Crippen LogP contribution is 2.38. The zero-order valence-corrected chi connectivity index (χ0v) is 16.6. The second kappa shape index (κ2) is 7.21. The highest BCUT2D eigenvalue weighted by molar-refractivity contribution is 7.90. The summed E-state index contributed by atoms with van der Waals surface area (Å²) in [7, 11) is -4.10. The summed E-state index contributed by atoms with van der Waals surface area (Å²) in [6.07, 6.45) is 7.35. The highest BCUT2D eigenvalue weighted by atomic mass is 32.2. The van der Waals surface area contributed by atoms with Gasteiger partial charge in [-0.15, -0.1) is 0 Å². The maximum absolute atomic E-state index is 12.5.